The summed E-state index contributed by atoms with van der Waals surface area (Å²) in [7, 11) is 0. The Morgan fingerprint density at radius 3 is 2.38 bits per heavy atom. The molecule has 0 spiro atoms. The minimum Gasteiger partial charge on any atom is -0.494 e. The molecule has 0 aliphatic carbocycles. The number of hydrogen-bond acceptors (Lipinski definition) is 5. The van der Waals surface area contributed by atoms with E-state index < -0.39 is 30.9 Å². The number of carbonyl (C=O) groups is 3. The fourth-order valence-corrected chi connectivity index (χ4v) is 1.95. The summed E-state index contributed by atoms with van der Waals surface area (Å²) in [5, 5.41) is 20.1. The Morgan fingerprint density at radius 1 is 1.12 bits per heavy atom. The van der Waals surface area contributed by atoms with Gasteiger partial charge in [-0.15, -0.1) is 0 Å². The van der Waals surface area contributed by atoms with Crippen LogP contribution in [-0.4, -0.2) is 59.2 Å². The Bertz CT molecular complexity index is 559. The fraction of sp³-hybridized carbons (Fsp3) is 0.438. The summed E-state index contributed by atoms with van der Waals surface area (Å²) in [6.07, 6.45) is 1.94. The number of rotatable bonds is 11. The second-order valence-corrected chi connectivity index (χ2v) is 5.21. The van der Waals surface area contributed by atoms with Crippen molar-refractivity contribution in [2.24, 2.45) is 0 Å². The molecule has 1 aromatic rings. The molecule has 0 saturated heterocycles. The zero-order chi connectivity index (χ0) is 17.9. The standard InChI is InChI=1S/C16H22N2O6/c1-2-3-7-24-13-6-4-5-12(8-13)17-14(19)9-18(10-15(20)21)11-16(22)23/h4-6,8H,2-3,7,9-11H2,1H3,(H,17,19)(H,20,21)(H,22,23). The van der Waals surface area contributed by atoms with Gasteiger partial charge in [0.05, 0.1) is 26.2 Å². The molecule has 0 radical (unpaired) electrons. The summed E-state index contributed by atoms with van der Waals surface area (Å²) in [5.41, 5.74) is 0.500. The zero-order valence-corrected chi connectivity index (χ0v) is 13.5. The molecule has 0 aromatic heterocycles. The van der Waals surface area contributed by atoms with Crippen molar-refractivity contribution in [1.29, 1.82) is 0 Å². The quantitative estimate of drug-likeness (QED) is 0.520. The minimum atomic E-state index is -1.20. The summed E-state index contributed by atoms with van der Waals surface area (Å²) in [5.74, 6) is -2.27. The lowest BCUT2D eigenvalue weighted by atomic mass is 10.3. The van der Waals surface area contributed by atoms with Crippen LogP contribution in [0.25, 0.3) is 0 Å². The fourth-order valence-electron chi connectivity index (χ4n) is 1.95. The number of carboxylic acids is 2. The molecule has 0 aliphatic rings. The number of hydrogen-bond donors (Lipinski definition) is 3. The third kappa shape index (κ3) is 8.14. The Balaban J connectivity index is 2.60. The van der Waals surface area contributed by atoms with Gasteiger partial charge in [0.15, 0.2) is 0 Å². The number of anilines is 1. The predicted octanol–water partition coefficient (Wildman–Crippen LogP) is 1.28. The summed E-state index contributed by atoms with van der Waals surface area (Å²) in [6.45, 7) is 1.25. The van der Waals surface area contributed by atoms with Gasteiger partial charge in [-0.2, -0.15) is 0 Å². The van der Waals surface area contributed by atoms with Gasteiger partial charge in [-0.05, 0) is 18.6 Å². The number of nitrogens with zero attached hydrogens (tertiary/aromatic N) is 1. The first-order valence-corrected chi connectivity index (χ1v) is 7.59. The number of carbonyl (C=O) groups excluding carboxylic acids is 1. The van der Waals surface area contributed by atoms with Crippen LogP contribution in [0, 0.1) is 0 Å². The average Bonchev–Trinajstić information content (AvgIpc) is 2.46. The molecule has 0 saturated carbocycles. The second kappa shape index (κ2) is 10.2. The van der Waals surface area contributed by atoms with Crippen LogP contribution in [0.5, 0.6) is 5.75 Å². The molecule has 0 unspecified atom stereocenters. The van der Waals surface area contributed by atoms with Gasteiger partial charge in [0.2, 0.25) is 5.91 Å². The van der Waals surface area contributed by atoms with E-state index in [0.717, 1.165) is 17.7 Å². The molecular formula is C16H22N2O6. The van der Waals surface area contributed by atoms with Gasteiger partial charge in [0, 0.05) is 11.8 Å². The summed E-state index contributed by atoms with van der Waals surface area (Å²) in [4.78, 5) is 34.4. The van der Waals surface area contributed by atoms with Crippen LogP contribution in [0.2, 0.25) is 0 Å². The van der Waals surface area contributed by atoms with E-state index in [1.54, 1.807) is 24.3 Å². The van der Waals surface area contributed by atoms with Crippen LogP contribution in [0.15, 0.2) is 24.3 Å². The summed E-state index contributed by atoms with van der Waals surface area (Å²) >= 11 is 0. The molecule has 0 heterocycles. The van der Waals surface area contributed by atoms with Crippen molar-refractivity contribution >= 4 is 23.5 Å². The maximum Gasteiger partial charge on any atom is 0.317 e. The summed E-state index contributed by atoms with van der Waals surface area (Å²) < 4.78 is 5.54. The maximum absolute atomic E-state index is 12.0. The summed E-state index contributed by atoms with van der Waals surface area (Å²) in [6, 6.07) is 6.82. The first-order valence-electron chi connectivity index (χ1n) is 7.59. The highest BCUT2D eigenvalue weighted by atomic mass is 16.5. The highest BCUT2D eigenvalue weighted by molar-refractivity contribution is 5.93. The molecule has 0 fully saturated rings. The molecule has 1 amide bonds. The number of nitrogens with one attached hydrogen (secondary N) is 1. The van der Waals surface area contributed by atoms with Gasteiger partial charge in [0.25, 0.3) is 0 Å². The lowest BCUT2D eigenvalue weighted by Crippen LogP contribution is -2.40. The molecule has 8 nitrogen and oxygen atoms in total. The lowest BCUT2D eigenvalue weighted by molar-refractivity contribution is -0.142. The minimum absolute atomic E-state index is 0.334. The van der Waals surface area contributed by atoms with E-state index in [-0.39, 0.29) is 6.54 Å². The molecule has 1 aromatic carbocycles. The van der Waals surface area contributed by atoms with Gasteiger partial charge >= 0.3 is 11.9 Å². The van der Waals surface area contributed by atoms with Crippen LogP contribution in [0.1, 0.15) is 19.8 Å². The van der Waals surface area contributed by atoms with Crippen molar-refractivity contribution in [3.05, 3.63) is 24.3 Å². The molecular weight excluding hydrogens is 316 g/mol. The molecule has 132 valence electrons. The van der Waals surface area contributed by atoms with Crippen molar-refractivity contribution < 1.29 is 29.3 Å². The third-order valence-electron chi connectivity index (χ3n) is 2.97. The number of ether oxygens (including phenoxy) is 1. The molecule has 0 aliphatic heterocycles. The highest BCUT2D eigenvalue weighted by Crippen LogP contribution is 2.17. The number of aliphatic carboxylic acids is 2. The first-order chi connectivity index (χ1) is 11.4. The van der Waals surface area contributed by atoms with Crippen molar-refractivity contribution in [1.82, 2.24) is 4.90 Å². The van der Waals surface area contributed by atoms with Crippen molar-refractivity contribution in [3.8, 4) is 5.75 Å². The SMILES string of the molecule is CCCCOc1cccc(NC(=O)CN(CC(=O)O)CC(=O)O)c1. The van der Waals surface area contributed by atoms with Crippen LogP contribution < -0.4 is 10.1 Å². The Labute approximate surface area is 140 Å². The number of amides is 1. The van der Waals surface area contributed by atoms with E-state index in [1.807, 2.05) is 0 Å². The average molecular weight is 338 g/mol. The van der Waals surface area contributed by atoms with E-state index >= 15 is 0 Å². The Kier molecular flexibility index (Phi) is 8.28. The van der Waals surface area contributed by atoms with Crippen LogP contribution in [0.4, 0.5) is 5.69 Å². The largest absolute Gasteiger partial charge is 0.494 e. The smallest absolute Gasteiger partial charge is 0.317 e. The van der Waals surface area contributed by atoms with E-state index in [9.17, 15) is 14.4 Å². The van der Waals surface area contributed by atoms with Crippen LogP contribution in [-0.2, 0) is 14.4 Å². The molecule has 1 rings (SSSR count). The van der Waals surface area contributed by atoms with Crippen LogP contribution >= 0.6 is 0 Å². The monoisotopic (exact) mass is 338 g/mol. The van der Waals surface area contributed by atoms with Gasteiger partial charge in [-0.25, -0.2) is 0 Å². The van der Waals surface area contributed by atoms with Crippen molar-refractivity contribution in [2.75, 3.05) is 31.6 Å². The van der Waals surface area contributed by atoms with Crippen molar-refractivity contribution in [3.63, 3.8) is 0 Å². The second-order valence-electron chi connectivity index (χ2n) is 5.21. The molecule has 0 bridgehead atoms. The zero-order valence-electron chi connectivity index (χ0n) is 13.5. The van der Waals surface area contributed by atoms with Crippen LogP contribution in [0.3, 0.4) is 0 Å². The molecule has 0 atom stereocenters. The van der Waals surface area contributed by atoms with Gasteiger partial charge in [-0.3, -0.25) is 19.3 Å². The van der Waals surface area contributed by atoms with Gasteiger partial charge < -0.3 is 20.3 Å². The van der Waals surface area contributed by atoms with Gasteiger partial charge in [-0.1, -0.05) is 19.4 Å². The topological polar surface area (TPSA) is 116 Å². The molecule has 8 heteroatoms. The molecule has 24 heavy (non-hydrogen) atoms. The van der Waals surface area contributed by atoms with E-state index in [0.29, 0.717) is 18.0 Å². The highest BCUT2D eigenvalue weighted by Gasteiger charge is 2.17. The van der Waals surface area contributed by atoms with E-state index in [2.05, 4.69) is 12.2 Å². The molecule has 3 N–H and O–H groups in total. The van der Waals surface area contributed by atoms with Crippen molar-refractivity contribution in [2.45, 2.75) is 19.8 Å². The number of unbranched alkanes of at least 4 members (excludes halogenated alkanes) is 1. The third-order valence-corrected chi connectivity index (χ3v) is 2.97. The van der Waals surface area contributed by atoms with Gasteiger partial charge in [0.1, 0.15) is 5.75 Å². The number of benzene rings is 1. The number of carboxylic acid groups (broad SMARTS) is 2. The Morgan fingerprint density at radius 2 is 1.79 bits per heavy atom. The van der Waals surface area contributed by atoms with E-state index in [4.69, 9.17) is 14.9 Å². The lowest BCUT2D eigenvalue weighted by Gasteiger charge is -2.17. The maximum atomic E-state index is 12.0. The predicted molar refractivity (Wildman–Crippen MR) is 87.2 cm³/mol. The normalized spacial score (nSPS) is 10.4. The Hall–Kier alpha value is -2.61. The van der Waals surface area contributed by atoms with E-state index in [1.165, 1.54) is 0 Å². The first kappa shape index (κ1) is 19.4.